The fraction of sp³-hybridized carbons (Fsp3) is 0.450. The number of nitrogens with zero attached hydrogens (tertiary/aromatic N) is 2. The highest BCUT2D eigenvalue weighted by Gasteiger charge is 2.31. The molecule has 0 spiro atoms. The van der Waals surface area contributed by atoms with Gasteiger partial charge in [-0.2, -0.15) is 0 Å². The third-order valence-corrected chi connectivity index (χ3v) is 4.91. The molecule has 1 saturated heterocycles. The second-order valence-electron chi connectivity index (χ2n) is 6.61. The number of benzene rings is 1. The van der Waals surface area contributed by atoms with Crippen LogP contribution in [0, 0.1) is 5.92 Å². The number of carbonyl (C=O) groups excluding carboxylic acids is 2. The lowest BCUT2D eigenvalue weighted by Crippen LogP contribution is -2.42. The molecule has 1 aromatic heterocycles. The number of ether oxygens (including phenoxy) is 3. The van der Waals surface area contributed by atoms with Crippen LogP contribution in [0.3, 0.4) is 0 Å². The highest BCUT2D eigenvalue weighted by Crippen LogP contribution is 2.29. The van der Waals surface area contributed by atoms with Crippen LogP contribution in [0.1, 0.15) is 36.0 Å². The van der Waals surface area contributed by atoms with Crippen LogP contribution >= 0.6 is 11.6 Å². The summed E-state index contributed by atoms with van der Waals surface area (Å²) in [6.07, 6.45) is 1.45. The summed E-state index contributed by atoms with van der Waals surface area (Å²) in [5.41, 5.74) is 0.175. The molecule has 0 aliphatic carbocycles. The van der Waals surface area contributed by atoms with Crippen molar-refractivity contribution in [3.05, 3.63) is 40.7 Å². The topological polar surface area (TPSA) is 91.1 Å². The third-order valence-electron chi connectivity index (χ3n) is 4.62. The molecule has 1 aliphatic rings. The van der Waals surface area contributed by atoms with E-state index in [2.05, 4.69) is 5.16 Å². The Hall–Kier alpha value is -2.74. The molecular weight excluding hydrogens is 400 g/mol. The number of likely N-dealkylation sites (tertiary alicyclic amines) is 1. The first kappa shape index (κ1) is 21.0. The van der Waals surface area contributed by atoms with E-state index in [1.807, 2.05) is 0 Å². The number of esters is 1. The maximum Gasteiger partial charge on any atom is 0.310 e. The maximum atomic E-state index is 12.7. The molecule has 0 saturated carbocycles. The maximum absolute atomic E-state index is 12.7. The first-order valence-electron chi connectivity index (χ1n) is 9.39. The van der Waals surface area contributed by atoms with Gasteiger partial charge in [0.25, 0.3) is 5.91 Å². The highest BCUT2D eigenvalue weighted by molar-refractivity contribution is 6.32. The Morgan fingerprint density at radius 2 is 2.17 bits per heavy atom. The molecule has 1 aliphatic heterocycles. The first-order valence-corrected chi connectivity index (χ1v) is 9.77. The van der Waals surface area contributed by atoms with Gasteiger partial charge in [-0.1, -0.05) is 16.8 Å². The van der Waals surface area contributed by atoms with Crippen LogP contribution in [0.15, 0.2) is 28.8 Å². The van der Waals surface area contributed by atoms with Gasteiger partial charge in [0.2, 0.25) is 0 Å². The molecule has 0 N–H and O–H groups in total. The molecule has 156 valence electrons. The van der Waals surface area contributed by atoms with E-state index in [9.17, 15) is 9.59 Å². The van der Waals surface area contributed by atoms with Crippen molar-refractivity contribution in [1.29, 1.82) is 0 Å². The molecule has 8 nitrogen and oxygen atoms in total. The van der Waals surface area contributed by atoms with Crippen LogP contribution in [0.5, 0.6) is 11.5 Å². The summed E-state index contributed by atoms with van der Waals surface area (Å²) < 4.78 is 21.0. The number of methoxy groups -OCH3 is 1. The predicted molar refractivity (Wildman–Crippen MR) is 104 cm³/mol. The van der Waals surface area contributed by atoms with Crippen molar-refractivity contribution in [3.8, 4) is 11.5 Å². The van der Waals surface area contributed by atoms with E-state index < -0.39 is 0 Å². The second-order valence-corrected chi connectivity index (χ2v) is 7.01. The fourth-order valence-corrected chi connectivity index (χ4v) is 3.36. The zero-order chi connectivity index (χ0) is 20.8. The zero-order valence-corrected chi connectivity index (χ0v) is 17.1. The quantitative estimate of drug-likeness (QED) is 0.632. The van der Waals surface area contributed by atoms with Crippen molar-refractivity contribution in [1.82, 2.24) is 10.1 Å². The van der Waals surface area contributed by atoms with Gasteiger partial charge in [0.05, 0.1) is 24.7 Å². The van der Waals surface area contributed by atoms with E-state index >= 15 is 0 Å². The minimum atomic E-state index is -0.306. The van der Waals surface area contributed by atoms with Crippen LogP contribution in [0.4, 0.5) is 0 Å². The molecular formula is C20H23ClN2O6. The monoisotopic (exact) mass is 422 g/mol. The van der Waals surface area contributed by atoms with Gasteiger partial charge >= 0.3 is 5.97 Å². The zero-order valence-electron chi connectivity index (χ0n) is 16.4. The van der Waals surface area contributed by atoms with Crippen LogP contribution in [-0.4, -0.2) is 48.7 Å². The number of piperidine rings is 1. The molecule has 1 aromatic carbocycles. The molecule has 2 aromatic rings. The Morgan fingerprint density at radius 3 is 2.90 bits per heavy atom. The summed E-state index contributed by atoms with van der Waals surface area (Å²) in [5, 5.41) is 4.25. The van der Waals surface area contributed by atoms with Gasteiger partial charge in [0, 0.05) is 25.2 Å². The first-order chi connectivity index (χ1) is 14.0. The summed E-state index contributed by atoms with van der Waals surface area (Å²) in [7, 11) is 1.55. The summed E-state index contributed by atoms with van der Waals surface area (Å²) in [6.45, 7) is 3.04. The lowest BCUT2D eigenvalue weighted by molar-refractivity contribution is -0.149. The van der Waals surface area contributed by atoms with Gasteiger partial charge in [-0.3, -0.25) is 9.59 Å². The van der Waals surface area contributed by atoms with E-state index in [0.717, 1.165) is 6.42 Å². The number of aromatic nitrogens is 1. The molecule has 0 bridgehead atoms. The van der Waals surface area contributed by atoms with Crippen LogP contribution < -0.4 is 9.47 Å². The Bertz CT molecular complexity index is 868. The number of rotatable bonds is 7. The van der Waals surface area contributed by atoms with Crippen molar-refractivity contribution in [2.75, 3.05) is 26.8 Å². The van der Waals surface area contributed by atoms with Crippen LogP contribution in [-0.2, 0) is 16.1 Å². The molecule has 1 atom stereocenters. The normalized spacial score (nSPS) is 16.4. The Labute approximate surface area is 173 Å². The minimum Gasteiger partial charge on any atom is -0.497 e. The van der Waals surface area contributed by atoms with Crippen LogP contribution in [0.2, 0.25) is 5.02 Å². The lowest BCUT2D eigenvalue weighted by atomic mass is 9.98. The molecule has 2 heterocycles. The van der Waals surface area contributed by atoms with E-state index in [-0.39, 0.29) is 30.1 Å². The average molecular weight is 423 g/mol. The summed E-state index contributed by atoms with van der Waals surface area (Å²) in [6, 6.07) is 6.59. The largest absolute Gasteiger partial charge is 0.497 e. The summed E-state index contributed by atoms with van der Waals surface area (Å²) in [5.74, 6) is 0.619. The van der Waals surface area contributed by atoms with Gasteiger partial charge in [-0.15, -0.1) is 0 Å². The van der Waals surface area contributed by atoms with Gasteiger partial charge in [-0.25, -0.2) is 0 Å². The molecule has 29 heavy (non-hydrogen) atoms. The van der Waals surface area contributed by atoms with Crippen molar-refractivity contribution >= 4 is 23.5 Å². The van der Waals surface area contributed by atoms with Crippen LogP contribution in [0.25, 0.3) is 0 Å². The SMILES string of the molecule is CCOC(=O)[C@@H]1CCCN(C(=O)c2cc(COc3ccc(OC)cc3Cl)on2)C1. The van der Waals surface area contributed by atoms with Crippen molar-refractivity contribution < 1.29 is 28.3 Å². The van der Waals surface area contributed by atoms with E-state index in [0.29, 0.717) is 48.4 Å². The lowest BCUT2D eigenvalue weighted by Gasteiger charge is -2.30. The van der Waals surface area contributed by atoms with Crippen molar-refractivity contribution in [2.24, 2.45) is 5.92 Å². The summed E-state index contributed by atoms with van der Waals surface area (Å²) in [4.78, 5) is 26.3. The standard InChI is InChI=1S/C20H23ClN2O6/c1-3-27-20(25)13-5-4-8-23(11-13)19(24)17-10-15(29-22-17)12-28-18-7-6-14(26-2)9-16(18)21/h6-7,9-10,13H,3-5,8,11-12H2,1-2H3/t13-/m1/s1. The second kappa shape index (κ2) is 9.65. The number of hydrogen-bond acceptors (Lipinski definition) is 7. The van der Waals surface area contributed by atoms with Gasteiger partial charge < -0.3 is 23.6 Å². The van der Waals surface area contributed by atoms with Gasteiger partial charge in [0.15, 0.2) is 11.5 Å². The molecule has 0 radical (unpaired) electrons. The minimum absolute atomic E-state index is 0.0672. The third kappa shape index (κ3) is 5.20. The van der Waals surface area contributed by atoms with Crippen molar-refractivity contribution in [3.63, 3.8) is 0 Å². The molecule has 0 unspecified atom stereocenters. The Morgan fingerprint density at radius 1 is 1.34 bits per heavy atom. The van der Waals surface area contributed by atoms with E-state index in [4.69, 9.17) is 30.3 Å². The molecule has 1 amide bonds. The highest BCUT2D eigenvalue weighted by atomic mass is 35.5. The number of amides is 1. The summed E-state index contributed by atoms with van der Waals surface area (Å²) >= 11 is 6.14. The molecule has 3 rings (SSSR count). The Balaban J connectivity index is 1.59. The molecule has 1 fully saturated rings. The number of halogens is 1. The van der Waals surface area contributed by atoms with Gasteiger partial charge in [0.1, 0.15) is 18.1 Å². The Kier molecular flexibility index (Phi) is 6.98. The van der Waals surface area contributed by atoms with Crippen molar-refractivity contribution in [2.45, 2.75) is 26.4 Å². The smallest absolute Gasteiger partial charge is 0.310 e. The molecule has 9 heteroatoms. The number of carbonyl (C=O) groups is 2. The van der Waals surface area contributed by atoms with E-state index in [1.54, 1.807) is 37.1 Å². The number of hydrogen-bond donors (Lipinski definition) is 0. The van der Waals surface area contributed by atoms with E-state index in [1.165, 1.54) is 6.07 Å². The fourth-order valence-electron chi connectivity index (χ4n) is 3.13. The van der Waals surface area contributed by atoms with Gasteiger partial charge in [-0.05, 0) is 31.9 Å². The predicted octanol–water partition coefficient (Wildman–Crippen LogP) is 3.33. The average Bonchev–Trinajstić information content (AvgIpc) is 3.21.